The number of benzene rings is 1. The largest absolute Gasteiger partial charge is 0.461 e. The molecule has 1 unspecified atom stereocenters. The molecule has 8 heteroatoms. The molecule has 1 aromatic carbocycles. The molecule has 4 heterocycles. The summed E-state index contributed by atoms with van der Waals surface area (Å²) < 4.78 is 12.8. The second-order valence-electron chi connectivity index (χ2n) is 9.25. The summed E-state index contributed by atoms with van der Waals surface area (Å²) in [5.41, 5.74) is 5.29. The number of aromatic nitrogens is 3. The van der Waals surface area contributed by atoms with E-state index in [1.165, 1.54) is 5.69 Å². The van der Waals surface area contributed by atoms with Crippen molar-refractivity contribution >= 4 is 22.7 Å². The number of pyridine rings is 1. The minimum Gasteiger partial charge on any atom is -0.461 e. The van der Waals surface area contributed by atoms with E-state index in [1.54, 1.807) is 0 Å². The Morgan fingerprint density at radius 1 is 1.24 bits per heavy atom. The van der Waals surface area contributed by atoms with Crippen LogP contribution in [0.1, 0.15) is 55.3 Å². The molecule has 34 heavy (non-hydrogen) atoms. The van der Waals surface area contributed by atoms with E-state index in [-0.39, 0.29) is 12.0 Å². The first kappa shape index (κ1) is 22.8. The molecule has 2 aliphatic heterocycles. The fourth-order valence-electron chi connectivity index (χ4n) is 4.88. The summed E-state index contributed by atoms with van der Waals surface area (Å²) in [6.45, 7) is 11.5. The van der Waals surface area contributed by atoms with Gasteiger partial charge in [-0.25, -0.2) is 14.5 Å². The van der Waals surface area contributed by atoms with Crippen LogP contribution in [-0.2, 0) is 9.47 Å². The van der Waals surface area contributed by atoms with Crippen LogP contribution in [0.3, 0.4) is 0 Å². The zero-order valence-electron chi connectivity index (χ0n) is 20.2. The molecule has 5 rings (SSSR count). The van der Waals surface area contributed by atoms with Crippen LogP contribution in [0.15, 0.2) is 30.3 Å². The van der Waals surface area contributed by atoms with E-state index in [4.69, 9.17) is 19.6 Å². The van der Waals surface area contributed by atoms with Gasteiger partial charge in [-0.1, -0.05) is 26.0 Å². The molecule has 180 valence electrons. The fraction of sp³-hybridized carbons (Fsp3) is 0.500. The van der Waals surface area contributed by atoms with E-state index in [9.17, 15) is 4.79 Å². The number of ether oxygens (including phenoxy) is 2. The number of fused-ring (bicyclic) bond motifs is 1. The second kappa shape index (κ2) is 9.72. The molecule has 1 N–H and O–H groups in total. The van der Waals surface area contributed by atoms with E-state index >= 15 is 0 Å². The topological polar surface area (TPSA) is 81.5 Å². The number of nitrogens with zero attached hydrogens (tertiary/aromatic N) is 4. The number of nitrogens with one attached hydrogen (secondary N) is 1. The van der Waals surface area contributed by atoms with Crippen molar-refractivity contribution in [2.45, 2.75) is 39.2 Å². The number of hydrogen-bond acceptors (Lipinski definition) is 7. The van der Waals surface area contributed by atoms with Crippen LogP contribution >= 0.6 is 0 Å². The van der Waals surface area contributed by atoms with Crippen LogP contribution < -0.4 is 10.2 Å². The first-order valence-corrected chi connectivity index (χ1v) is 12.3. The lowest BCUT2D eigenvalue weighted by molar-refractivity contribution is 0.0520. The third-order valence-corrected chi connectivity index (χ3v) is 6.66. The Balaban J connectivity index is 1.66. The Morgan fingerprint density at radius 2 is 2.00 bits per heavy atom. The van der Waals surface area contributed by atoms with Crippen molar-refractivity contribution in [3.05, 3.63) is 41.7 Å². The number of hydrogen-bond donors (Lipinski definition) is 1. The van der Waals surface area contributed by atoms with Gasteiger partial charge in [-0.3, -0.25) is 0 Å². The fourth-order valence-corrected chi connectivity index (χ4v) is 4.88. The third-order valence-electron chi connectivity index (χ3n) is 6.66. The molecule has 0 spiro atoms. The summed E-state index contributed by atoms with van der Waals surface area (Å²) in [7, 11) is 0. The average molecular weight is 464 g/mol. The normalized spacial score (nSPS) is 18.7. The summed E-state index contributed by atoms with van der Waals surface area (Å²) in [4.78, 5) is 19.9. The highest BCUT2D eigenvalue weighted by Gasteiger charge is 2.27. The quantitative estimate of drug-likeness (QED) is 0.557. The van der Waals surface area contributed by atoms with Gasteiger partial charge in [0.1, 0.15) is 0 Å². The van der Waals surface area contributed by atoms with Crippen LogP contribution in [0.4, 0.5) is 5.69 Å². The number of esters is 1. The molecule has 0 bridgehead atoms. The zero-order valence-corrected chi connectivity index (χ0v) is 20.2. The van der Waals surface area contributed by atoms with Gasteiger partial charge >= 0.3 is 5.97 Å². The van der Waals surface area contributed by atoms with Crippen LogP contribution in [-0.4, -0.2) is 66.7 Å². The summed E-state index contributed by atoms with van der Waals surface area (Å²) in [6.07, 6.45) is 0.989. The highest BCUT2D eigenvalue weighted by atomic mass is 16.5. The van der Waals surface area contributed by atoms with Crippen molar-refractivity contribution in [3.63, 3.8) is 0 Å². The maximum Gasteiger partial charge on any atom is 0.357 e. The molecule has 2 saturated heterocycles. The summed E-state index contributed by atoms with van der Waals surface area (Å²) in [5.74, 6) is -0.182. The van der Waals surface area contributed by atoms with Gasteiger partial charge in [-0.15, -0.1) is 0 Å². The molecule has 0 aliphatic carbocycles. The number of rotatable bonds is 6. The molecular weight excluding hydrogens is 430 g/mol. The lowest BCUT2D eigenvalue weighted by atomic mass is 9.97. The van der Waals surface area contributed by atoms with Gasteiger partial charge in [-0.2, -0.15) is 5.10 Å². The first-order chi connectivity index (χ1) is 16.6. The minimum atomic E-state index is -0.404. The predicted molar refractivity (Wildman–Crippen MR) is 133 cm³/mol. The Morgan fingerprint density at radius 3 is 2.65 bits per heavy atom. The Labute approximate surface area is 200 Å². The molecular formula is C26H33N5O3. The molecule has 0 radical (unpaired) electrons. The number of morpholine rings is 1. The molecule has 0 amide bonds. The van der Waals surface area contributed by atoms with Crippen molar-refractivity contribution in [3.8, 4) is 11.1 Å². The van der Waals surface area contributed by atoms with Crippen LogP contribution in [0, 0.1) is 0 Å². The van der Waals surface area contributed by atoms with E-state index < -0.39 is 5.97 Å². The monoisotopic (exact) mass is 463 g/mol. The molecule has 1 atom stereocenters. The SMILES string of the molecule is CCOC(=O)c1cc(-c2ccc(N3CCOCC3)cc2)c2c(C(C)C)nn(C3CCNC3)c2n1. The molecule has 2 aliphatic rings. The van der Waals surface area contributed by atoms with Crippen LogP contribution in [0.25, 0.3) is 22.2 Å². The third kappa shape index (κ3) is 4.28. The summed E-state index contributed by atoms with van der Waals surface area (Å²) in [6, 6.07) is 10.7. The second-order valence-corrected chi connectivity index (χ2v) is 9.25. The molecule has 0 saturated carbocycles. The molecule has 3 aromatic rings. The number of carbonyl (C=O) groups is 1. The Bertz CT molecular complexity index is 1160. The van der Waals surface area contributed by atoms with Gasteiger partial charge in [-0.05, 0) is 55.1 Å². The smallest absolute Gasteiger partial charge is 0.357 e. The van der Waals surface area contributed by atoms with E-state index in [2.05, 4.69) is 48.3 Å². The van der Waals surface area contributed by atoms with E-state index in [1.807, 2.05) is 17.7 Å². The highest BCUT2D eigenvalue weighted by Crippen LogP contribution is 2.37. The maximum atomic E-state index is 12.8. The molecule has 2 aromatic heterocycles. The minimum absolute atomic E-state index is 0.219. The molecule has 8 nitrogen and oxygen atoms in total. The number of anilines is 1. The van der Waals surface area contributed by atoms with Crippen LogP contribution in [0.5, 0.6) is 0 Å². The Kier molecular flexibility index (Phi) is 6.52. The maximum absolute atomic E-state index is 12.8. The van der Waals surface area contributed by atoms with Gasteiger partial charge < -0.3 is 19.7 Å². The number of carbonyl (C=O) groups excluding carboxylic acids is 1. The standard InChI is InChI=1S/C26H33N5O3/c1-4-34-26(32)22-15-21(18-5-7-19(8-6-18)30-11-13-33-14-12-30)23-24(17(2)3)29-31(25(23)28-22)20-9-10-27-16-20/h5-8,15,17,20,27H,4,9-14,16H2,1-3H3. The van der Waals surface area contributed by atoms with Gasteiger partial charge in [0.15, 0.2) is 11.3 Å². The van der Waals surface area contributed by atoms with Gasteiger partial charge in [0.25, 0.3) is 0 Å². The lowest BCUT2D eigenvalue weighted by Gasteiger charge is -2.29. The van der Waals surface area contributed by atoms with Gasteiger partial charge in [0.05, 0.1) is 36.9 Å². The van der Waals surface area contributed by atoms with Crippen molar-refractivity contribution in [1.29, 1.82) is 0 Å². The zero-order chi connectivity index (χ0) is 23.7. The first-order valence-electron chi connectivity index (χ1n) is 12.3. The van der Waals surface area contributed by atoms with Crippen molar-refractivity contribution in [2.24, 2.45) is 0 Å². The van der Waals surface area contributed by atoms with Crippen molar-refractivity contribution in [1.82, 2.24) is 20.1 Å². The van der Waals surface area contributed by atoms with Crippen molar-refractivity contribution < 1.29 is 14.3 Å². The highest BCUT2D eigenvalue weighted by molar-refractivity contribution is 6.00. The van der Waals surface area contributed by atoms with Crippen LogP contribution in [0.2, 0.25) is 0 Å². The van der Waals surface area contributed by atoms with Gasteiger partial charge in [0.2, 0.25) is 0 Å². The van der Waals surface area contributed by atoms with E-state index in [0.29, 0.717) is 12.3 Å². The summed E-state index contributed by atoms with van der Waals surface area (Å²) in [5, 5.41) is 9.48. The van der Waals surface area contributed by atoms with Crippen molar-refractivity contribution in [2.75, 3.05) is 50.9 Å². The predicted octanol–water partition coefficient (Wildman–Crippen LogP) is 3.77. The average Bonchev–Trinajstić information content (AvgIpc) is 3.52. The summed E-state index contributed by atoms with van der Waals surface area (Å²) >= 11 is 0. The molecule has 2 fully saturated rings. The van der Waals surface area contributed by atoms with Gasteiger partial charge in [0, 0.05) is 25.3 Å². The lowest BCUT2D eigenvalue weighted by Crippen LogP contribution is -2.36. The van der Waals surface area contributed by atoms with E-state index in [0.717, 1.165) is 73.7 Å². The Hall–Kier alpha value is -2.97.